The molecule has 0 saturated carbocycles. The van der Waals surface area contributed by atoms with Gasteiger partial charge in [-0.05, 0) is 36.8 Å². The maximum atomic E-state index is 13.6. The molecule has 1 saturated heterocycles. The highest BCUT2D eigenvalue weighted by atomic mass is 32.2. The smallest absolute Gasteiger partial charge is 0.267 e. The fourth-order valence-corrected chi connectivity index (χ4v) is 5.62. The number of ether oxygens (including phenoxy) is 1. The minimum atomic E-state index is -4.22. The summed E-state index contributed by atoms with van der Waals surface area (Å²) in [7, 11) is -2.67. The van der Waals surface area contributed by atoms with Gasteiger partial charge in [-0.25, -0.2) is 12.7 Å². The second-order valence-electron chi connectivity index (χ2n) is 7.77. The first kappa shape index (κ1) is 21.8. The van der Waals surface area contributed by atoms with E-state index in [4.69, 9.17) is 4.74 Å². The number of carbonyl (C=O) groups excluding carboxylic acids is 2. The number of sulfonamides is 1. The van der Waals surface area contributed by atoms with Gasteiger partial charge in [0.25, 0.3) is 10.0 Å². The first-order chi connectivity index (χ1) is 15.3. The molecule has 0 unspecified atom stereocenters. The number of carbonyl (C=O) groups is 2. The number of Topliss-reactive ketones (excluding diaryl/α,β-unsaturated/α-hetero) is 1. The third kappa shape index (κ3) is 3.91. The third-order valence-corrected chi connectivity index (χ3v) is 7.54. The monoisotopic (exact) mass is 449 g/mol. The van der Waals surface area contributed by atoms with E-state index in [-0.39, 0.29) is 11.3 Å². The van der Waals surface area contributed by atoms with E-state index in [2.05, 4.69) is 0 Å². The van der Waals surface area contributed by atoms with E-state index in [0.717, 1.165) is 9.87 Å². The highest BCUT2D eigenvalue weighted by Gasteiger charge is 2.50. The van der Waals surface area contributed by atoms with Crippen molar-refractivity contribution in [2.75, 3.05) is 7.11 Å². The number of methoxy groups -OCH3 is 1. The lowest BCUT2D eigenvalue weighted by Crippen LogP contribution is -2.44. The molecule has 32 heavy (non-hydrogen) atoms. The Morgan fingerprint density at radius 2 is 1.56 bits per heavy atom. The number of rotatable bonds is 6. The number of hydrogen-bond donors (Lipinski definition) is 0. The van der Waals surface area contributed by atoms with Crippen molar-refractivity contribution in [2.45, 2.75) is 30.2 Å². The average molecular weight is 450 g/mol. The van der Waals surface area contributed by atoms with Crippen molar-refractivity contribution in [1.82, 2.24) is 4.31 Å². The molecule has 6 nitrogen and oxygen atoms in total. The summed E-state index contributed by atoms with van der Waals surface area (Å²) in [5, 5.41) is 0. The summed E-state index contributed by atoms with van der Waals surface area (Å²) in [4.78, 5) is 26.6. The maximum absolute atomic E-state index is 13.6. The van der Waals surface area contributed by atoms with Crippen molar-refractivity contribution in [2.24, 2.45) is 0 Å². The van der Waals surface area contributed by atoms with Crippen molar-refractivity contribution in [3.8, 4) is 5.75 Å². The third-order valence-electron chi connectivity index (χ3n) is 5.72. The second kappa shape index (κ2) is 8.59. The zero-order chi connectivity index (χ0) is 22.9. The summed E-state index contributed by atoms with van der Waals surface area (Å²) in [6, 6.07) is 20.6. The summed E-state index contributed by atoms with van der Waals surface area (Å²) < 4.78 is 33.0. The minimum Gasteiger partial charge on any atom is -0.497 e. The van der Waals surface area contributed by atoms with Gasteiger partial charge in [0, 0.05) is 17.9 Å². The highest BCUT2D eigenvalue weighted by molar-refractivity contribution is 7.89. The molecule has 1 aliphatic heterocycles. The van der Waals surface area contributed by atoms with Crippen LogP contribution >= 0.6 is 0 Å². The Morgan fingerprint density at radius 1 is 0.938 bits per heavy atom. The number of ketones is 1. The zero-order valence-corrected chi connectivity index (χ0v) is 18.6. The van der Waals surface area contributed by atoms with Gasteiger partial charge in [-0.1, -0.05) is 60.2 Å². The van der Waals surface area contributed by atoms with E-state index in [1.54, 1.807) is 73.8 Å². The van der Waals surface area contributed by atoms with Crippen LogP contribution in [0.3, 0.4) is 0 Å². The van der Waals surface area contributed by atoms with Crippen molar-refractivity contribution in [1.29, 1.82) is 0 Å². The summed E-state index contributed by atoms with van der Waals surface area (Å²) in [6.07, 6.45) is -0.0827. The fraction of sp³-hybridized carbons (Fsp3) is 0.200. The Balaban J connectivity index is 1.82. The van der Waals surface area contributed by atoms with E-state index in [1.807, 2.05) is 6.92 Å². The van der Waals surface area contributed by atoms with Crippen molar-refractivity contribution in [3.63, 3.8) is 0 Å². The molecule has 1 aliphatic rings. The first-order valence-electron chi connectivity index (χ1n) is 10.2. The predicted octanol–water partition coefficient (Wildman–Crippen LogP) is 3.96. The molecule has 3 aromatic carbocycles. The first-order valence-corrected chi connectivity index (χ1v) is 11.6. The Labute approximate surface area is 187 Å². The van der Waals surface area contributed by atoms with Gasteiger partial charge in [0.1, 0.15) is 11.8 Å². The molecule has 0 N–H and O–H groups in total. The van der Waals surface area contributed by atoms with Crippen LogP contribution in [0.2, 0.25) is 0 Å². The SMILES string of the molecule is COc1ccc([C@@H]2CC(=O)N(S(=O)(=O)c3ccc(C)cc3)[C@@H]2C(=O)c2ccccc2)cc1. The predicted molar refractivity (Wildman–Crippen MR) is 120 cm³/mol. The number of amides is 1. The van der Waals surface area contributed by atoms with Gasteiger partial charge in [0.05, 0.1) is 12.0 Å². The summed E-state index contributed by atoms with van der Waals surface area (Å²) in [6.45, 7) is 1.85. The molecule has 164 valence electrons. The van der Waals surface area contributed by atoms with Gasteiger partial charge in [-0.2, -0.15) is 0 Å². The van der Waals surface area contributed by atoms with E-state index in [0.29, 0.717) is 16.9 Å². The second-order valence-corrected chi connectivity index (χ2v) is 9.58. The summed E-state index contributed by atoms with van der Waals surface area (Å²) >= 11 is 0. The molecular weight excluding hydrogens is 426 g/mol. The molecule has 0 radical (unpaired) electrons. The van der Waals surface area contributed by atoms with Crippen LogP contribution in [0, 0.1) is 6.92 Å². The molecular formula is C25H23NO5S. The quantitative estimate of drug-likeness (QED) is 0.532. The maximum Gasteiger partial charge on any atom is 0.267 e. The van der Waals surface area contributed by atoms with Crippen LogP contribution in [-0.4, -0.2) is 37.6 Å². The molecule has 4 rings (SSSR count). The average Bonchev–Trinajstić information content (AvgIpc) is 3.17. The van der Waals surface area contributed by atoms with Gasteiger partial charge in [0.15, 0.2) is 5.78 Å². The molecule has 0 bridgehead atoms. The van der Waals surface area contributed by atoms with Crippen LogP contribution < -0.4 is 4.74 Å². The lowest BCUT2D eigenvalue weighted by atomic mass is 9.87. The Morgan fingerprint density at radius 3 is 2.16 bits per heavy atom. The Kier molecular flexibility index (Phi) is 5.84. The molecule has 1 heterocycles. The van der Waals surface area contributed by atoms with Gasteiger partial charge in [-0.3, -0.25) is 9.59 Å². The number of aryl methyl sites for hydroxylation is 1. The molecule has 0 aliphatic carbocycles. The molecule has 2 atom stereocenters. The molecule has 1 fully saturated rings. The molecule has 0 spiro atoms. The Hall–Kier alpha value is -3.45. The van der Waals surface area contributed by atoms with Gasteiger partial charge in [-0.15, -0.1) is 0 Å². The largest absolute Gasteiger partial charge is 0.497 e. The van der Waals surface area contributed by atoms with Crippen molar-refractivity contribution in [3.05, 3.63) is 95.6 Å². The van der Waals surface area contributed by atoms with Crippen LogP contribution in [0.1, 0.15) is 33.8 Å². The molecule has 1 amide bonds. The van der Waals surface area contributed by atoms with E-state index >= 15 is 0 Å². The highest BCUT2D eigenvalue weighted by Crippen LogP contribution is 2.40. The van der Waals surface area contributed by atoms with Crippen LogP contribution in [0.15, 0.2) is 83.8 Å². The lowest BCUT2D eigenvalue weighted by molar-refractivity contribution is -0.124. The van der Waals surface area contributed by atoms with Gasteiger partial charge >= 0.3 is 0 Å². The van der Waals surface area contributed by atoms with Crippen LogP contribution in [0.4, 0.5) is 0 Å². The number of benzene rings is 3. The summed E-state index contributed by atoms with van der Waals surface area (Å²) in [5.74, 6) is -0.983. The van der Waals surface area contributed by atoms with Crippen LogP contribution in [0.5, 0.6) is 5.75 Å². The number of hydrogen-bond acceptors (Lipinski definition) is 5. The molecule has 7 heteroatoms. The van der Waals surface area contributed by atoms with Crippen molar-refractivity contribution < 1.29 is 22.7 Å². The molecule has 3 aromatic rings. The normalized spacial score (nSPS) is 18.6. The minimum absolute atomic E-state index is 0.0160. The fourth-order valence-electron chi connectivity index (χ4n) is 4.03. The van der Waals surface area contributed by atoms with E-state index < -0.39 is 33.7 Å². The van der Waals surface area contributed by atoms with E-state index in [1.165, 1.54) is 12.1 Å². The van der Waals surface area contributed by atoms with E-state index in [9.17, 15) is 18.0 Å². The zero-order valence-electron chi connectivity index (χ0n) is 17.8. The van der Waals surface area contributed by atoms with Crippen LogP contribution in [0.25, 0.3) is 0 Å². The topological polar surface area (TPSA) is 80.8 Å². The lowest BCUT2D eigenvalue weighted by Gasteiger charge is -2.27. The summed E-state index contributed by atoms with van der Waals surface area (Å²) in [5.41, 5.74) is 1.95. The van der Waals surface area contributed by atoms with Gasteiger partial charge in [0.2, 0.25) is 5.91 Å². The van der Waals surface area contributed by atoms with Crippen molar-refractivity contribution >= 4 is 21.7 Å². The standard InChI is InChI=1S/C25H23NO5S/c1-17-8-14-21(15-9-17)32(29,30)26-23(27)16-22(18-10-12-20(31-2)13-11-18)24(26)25(28)19-6-4-3-5-7-19/h3-15,22,24H,16H2,1-2H3/t22-,24-/m0/s1. The number of nitrogens with zero attached hydrogens (tertiary/aromatic N) is 1. The van der Waals surface area contributed by atoms with Gasteiger partial charge < -0.3 is 4.74 Å². The van der Waals surface area contributed by atoms with Crippen LogP contribution in [-0.2, 0) is 14.8 Å². The Bertz CT molecular complexity index is 1240. The molecule has 0 aromatic heterocycles.